The van der Waals surface area contributed by atoms with Gasteiger partial charge in [-0.25, -0.2) is 9.97 Å². The minimum Gasteiger partial charge on any atom is -0.341 e. The quantitative estimate of drug-likeness (QED) is 0.318. The Morgan fingerprint density at radius 3 is 2.65 bits per heavy atom. The SMILES string of the molecule is CCC(=O)N1CCCC(n2c(=O)c(-c3ccccc3Cl)c(C)c3cnc(Nc4ccc(CN5CCNCC5)cn4)nc32)C1. The molecule has 3 aromatic heterocycles. The molecule has 2 N–H and O–H groups in total. The summed E-state index contributed by atoms with van der Waals surface area (Å²) in [7, 11) is 0. The molecule has 224 valence electrons. The molecule has 4 aromatic rings. The van der Waals surface area contributed by atoms with E-state index >= 15 is 0 Å². The van der Waals surface area contributed by atoms with Crippen LogP contribution >= 0.6 is 11.6 Å². The smallest absolute Gasteiger partial charge is 0.260 e. The van der Waals surface area contributed by atoms with Crippen molar-refractivity contribution in [1.82, 2.24) is 34.6 Å². The largest absolute Gasteiger partial charge is 0.341 e. The number of piperazine rings is 1. The molecule has 1 atom stereocenters. The Bertz CT molecular complexity index is 1680. The lowest BCUT2D eigenvalue weighted by atomic mass is 9.98. The number of likely N-dealkylation sites (tertiary alicyclic amines) is 1. The second-order valence-electron chi connectivity index (χ2n) is 11.3. The van der Waals surface area contributed by atoms with Crippen LogP contribution in [0.5, 0.6) is 0 Å². The molecule has 0 aliphatic carbocycles. The van der Waals surface area contributed by atoms with E-state index in [4.69, 9.17) is 16.6 Å². The first-order valence-electron chi connectivity index (χ1n) is 15.0. The fraction of sp³-hybridized carbons (Fsp3) is 0.406. The van der Waals surface area contributed by atoms with Crippen molar-refractivity contribution in [2.45, 2.75) is 45.7 Å². The number of rotatable bonds is 7. The minimum atomic E-state index is -0.230. The van der Waals surface area contributed by atoms with Crippen molar-refractivity contribution in [3.05, 3.63) is 75.3 Å². The molecule has 0 radical (unpaired) electrons. The van der Waals surface area contributed by atoms with E-state index in [1.807, 2.05) is 49.2 Å². The van der Waals surface area contributed by atoms with Gasteiger partial charge in [-0.15, -0.1) is 0 Å². The van der Waals surface area contributed by atoms with Gasteiger partial charge in [-0.2, -0.15) is 4.98 Å². The maximum atomic E-state index is 14.4. The highest BCUT2D eigenvalue weighted by Crippen LogP contribution is 2.33. The summed E-state index contributed by atoms with van der Waals surface area (Å²) >= 11 is 6.60. The summed E-state index contributed by atoms with van der Waals surface area (Å²) in [6.45, 7) is 9.84. The van der Waals surface area contributed by atoms with Crippen LogP contribution in [0.4, 0.5) is 11.8 Å². The predicted molar refractivity (Wildman–Crippen MR) is 170 cm³/mol. The highest BCUT2D eigenvalue weighted by atomic mass is 35.5. The maximum Gasteiger partial charge on any atom is 0.260 e. The third-order valence-corrected chi connectivity index (χ3v) is 8.78. The Morgan fingerprint density at radius 2 is 1.91 bits per heavy atom. The number of nitrogens with one attached hydrogen (secondary N) is 2. The van der Waals surface area contributed by atoms with Crippen LogP contribution in [-0.4, -0.2) is 74.5 Å². The molecular formula is C32H37ClN8O2. The highest BCUT2D eigenvalue weighted by molar-refractivity contribution is 6.33. The molecule has 0 spiro atoms. The van der Waals surface area contributed by atoms with E-state index < -0.39 is 0 Å². The van der Waals surface area contributed by atoms with Crippen molar-refractivity contribution in [1.29, 1.82) is 0 Å². The number of halogens is 1. The number of anilines is 2. The maximum absolute atomic E-state index is 14.4. The number of fused-ring (bicyclic) bond motifs is 1. The van der Waals surface area contributed by atoms with Crippen LogP contribution in [0.15, 0.2) is 53.6 Å². The van der Waals surface area contributed by atoms with Gasteiger partial charge >= 0.3 is 0 Å². The molecule has 1 aromatic carbocycles. The first-order valence-corrected chi connectivity index (χ1v) is 15.4. The van der Waals surface area contributed by atoms with Crippen molar-refractivity contribution >= 4 is 40.3 Å². The van der Waals surface area contributed by atoms with Gasteiger partial charge in [0.25, 0.3) is 5.56 Å². The molecule has 2 aliphatic heterocycles. The molecule has 0 bridgehead atoms. The minimum absolute atomic E-state index is 0.0870. The lowest BCUT2D eigenvalue weighted by molar-refractivity contribution is -0.132. The Hall–Kier alpha value is -3.86. The number of aryl methyl sites for hydroxylation is 1. The molecule has 2 aliphatic rings. The van der Waals surface area contributed by atoms with Crippen molar-refractivity contribution < 1.29 is 4.79 Å². The third-order valence-electron chi connectivity index (χ3n) is 8.45. The van der Waals surface area contributed by atoms with Crippen molar-refractivity contribution in [2.75, 3.05) is 44.6 Å². The van der Waals surface area contributed by atoms with Gasteiger partial charge in [0.15, 0.2) is 0 Å². The second kappa shape index (κ2) is 12.8. The predicted octanol–water partition coefficient (Wildman–Crippen LogP) is 4.54. The zero-order valence-corrected chi connectivity index (χ0v) is 25.4. The third kappa shape index (κ3) is 6.13. The molecule has 5 heterocycles. The molecule has 1 amide bonds. The topological polar surface area (TPSA) is 108 Å². The van der Waals surface area contributed by atoms with Crippen LogP contribution < -0.4 is 16.2 Å². The Kier molecular flexibility index (Phi) is 8.69. The van der Waals surface area contributed by atoms with Crippen molar-refractivity contribution in [3.8, 4) is 11.1 Å². The van der Waals surface area contributed by atoms with E-state index in [1.165, 1.54) is 0 Å². The Labute approximate surface area is 256 Å². The summed E-state index contributed by atoms with van der Waals surface area (Å²) in [5.74, 6) is 1.06. The van der Waals surface area contributed by atoms with E-state index in [0.717, 1.165) is 62.1 Å². The van der Waals surface area contributed by atoms with Crippen LogP contribution in [0.1, 0.15) is 43.4 Å². The van der Waals surface area contributed by atoms with Crippen LogP contribution in [0.25, 0.3) is 22.2 Å². The summed E-state index contributed by atoms with van der Waals surface area (Å²) < 4.78 is 1.76. The van der Waals surface area contributed by atoms with E-state index in [2.05, 4.69) is 31.6 Å². The number of amides is 1. The zero-order chi connectivity index (χ0) is 29.9. The summed E-state index contributed by atoms with van der Waals surface area (Å²) in [6.07, 6.45) is 5.63. The second-order valence-corrected chi connectivity index (χ2v) is 11.7. The molecule has 10 nitrogen and oxygen atoms in total. The van der Waals surface area contributed by atoms with Gasteiger partial charge in [-0.05, 0) is 43.0 Å². The first kappa shape index (κ1) is 29.2. The lowest BCUT2D eigenvalue weighted by Crippen LogP contribution is -2.43. The molecule has 43 heavy (non-hydrogen) atoms. The van der Waals surface area contributed by atoms with E-state index in [1.54, 1.807) is 16.8 Å². The fourth-order valence-corrected chi connectivity index (χ4v) is 6.39. The summed E-state index contributed by atoms with van der Waals surface area (Å²) in [6, 6.07) is 11.1. The van der Waals surface area contributed by atoms with Crippen molar-refractivity contribution in [2.24, 2.45) is 0 Å². The van der Waals surface area contributed by atoms with Gasteiger partial charge < -0.3 is 15.5 Å². The van der Waals surface area contributed by atoms with Gasteiger partial charge in [-0.3, -0.25) is 19.1 Å². The van der Waals surface area contributed by atoms with Crippen LogP contribution in [-0.2, 0) is 11.3 Å². The standard InChI is InChI=1S/C32H37ClN8O2/c1-3-28(42)40-14-6-7-23(20-40)41-30-25(21(2)29(31(41)43)24-8-4-5-9-26(24)33)18-36-32(38-30)37-27-11-10-22(17-35-27)19-39-15-12-34-13-16-39/h4-5,8-11,17-18,23,34H,3,6-7,12-16,19-20H2,1-2H3,(H,35,36,37,38). The van der Waals surface area contributed by atoms with Gasteiger partial charge in [0.2, 0.25) is 11.9 Å². The number of hydrogen-bond donors (Lipinski definition) is 2. The van der Waals surface area contributed by atoms with Crippen molar-refractivity contribution in [3.63, 3.8) is 0 Å². The molecule has 6 rings (SSSR count). The normalized spacial score (nSPS) is 17.7. The van der Waals surface area contributed by atoms with Gasteiger partial charge in [0.05, 0.1) is 11.6 Å². The molecule has 1 unspecified atom stereocenters. The number of benzene rings is 1. The molecule has 2 fully saturated rings. The summed E-state index contributed by atoms with van der Waals surface area (Å²) in [5, 5.41) is 7.88. The summed E-state index contributed by atoms with van der Waals surface area (Å²) in [4.78, 5) is 45.4. The first-order chi connectivity index (χ1) is 20.9. The number of piperidine rings is 1. The monoisotopic (exact) mass is 600 g/mol. The number of carbonyl (C=O) groups excluding carboxylic acids is 1. The number of aromatic nitrogens is 4. The number of pyridine rings is 2. The lowest BCUT2D eigenvalue weighted by Gasteiger charge is -2.34. The number of hydrogen-bond acceptors (Lipinski definition) is 8. The molecule has 2 saturated heterocycles. The molecule has 11 heteroatoms. The van der Waals surface area contributed by atoms with E-state index in [-0.39, 0.29) is 17.5 Å². The average molecular weight is 601 g/mol. The zero-order valence-electron chi connectivity index (χ0n) is 24.6. The van der Waals surface area contributed by atoms with Gasteiger partial charge in [0, 0.05) is 80.6 Å². The molecule has 0 saturated carbocycles. The number of carbonyl (C=O) groups is 1. The fourth-order valence-electron chi connectivity index (χ4n) is 6.16. The van der Waals surface area contributed by atoms with Gasteiger partial charge in [-0.1, -0.05) is 42.8 Å². The Balaban J connectivity index is 1.38. The van der Waals surface area contributed by atoms with Crippen LogP contribution in [0.3, 0.4) is 0 Å². The highest BCUT2D eigenvalue weighted by Gasteiger charge is 2.29. The summed E-state index contributed by atoms with van der Waals surface area (Å²) in [5.41, 5.74) is 3.47. The Morgan fingerprint density at radius 1 is 1.09 bits per heavy atom. The van der Waals surface area contributed by atoms with Gasteiger partial charge in [0.1, 0.15) is 11.5 Å². The van der Waals surface area contributed by atoms with E-state index in [0.29, 0.717) is 53.1 Å². The van der Waals surface area contributed by atoms with Crippen LogP contribution in [0, 0.1) is 6.92 Å². The average Bonchev–Trinajstić information content (AvgIpc) is 3.03. The van der Waals surface area contributed by atoms with E-state index in [9.17, 15) is 9.59 Å². The molecular weight excluding hydrogens is 564 g/mol. The number of nitrogens with zero attached hydrogens (tertiary/aromatic N) is 6. The van der Waals surface area contributed by atoms with Crippen LogP contribution in [0.2, 0.25) is 5.02 Å².